The van der Waals surface area contributed by atoms with Crippen LogP contribution in [0.25, 0.3) is 0 Å². The molecule has 3 amide bonds. The molecule has 2 bridgehead atoms. The monoisotopic (exact) mass is 687 g/mol. The van der Waals surface area contributed by atoms with Crippen LogP contribution >= 0.6 is 15.9 Å². The zero-order valence-corrected chi connectivity index (χ0v) is 28.0. The summed E-state index contributed by atoms with van der Waals surface area (Å²) < 4.78 is 12.2. The number of rotatable bonds is 15. The molecule has 10 nitrogen and oxygen atoms in total. The van der Waals surface area contributed by atoms with Crippen LogP contribution in [0, 0.1) is 11.8 Å². The van der Waals surface area contributed by atoms with E-state index in [1.54, 1.807) is 22.0 Å². The molecule has 1 unspecified atom stereocenters. The van der Waals surface area contributed by atoms with E-state index in [0.717, 1.165) is 5.56 Å². The molecule has 3 fully saturated rings. The Hall–Kier alpha value is -3.02. The number of unbranched alkanes of at least 4 members (excludes halogenated alkanes) is 1. The van der Waals surface area contributed by atoms with Gasteiger partial charge in [0.15, 0.2) is 0 Å². The molecule has 1 spiro atoms. The van der Waals surface area contributed by atoms with Crippen LogP contribution in [0.5, 0.6) is 0 Å². The lowest BCUT2D eigenvalue weighted by Crippen LogP contribution is -2.60. The minimum absolute atomic E-state index is 0.0358. The van der Waals surface area contributed by atoms with E-state index >= 15 is 0 Å². The predicted molar refractivity (Wildman–Crippen MR) is 173 cm³/mol. The first-order chi connectivity index (χ1) is 21.4. The Bertz CT molecular complexity index is 1270. The van der Waals surface area contributed by atoms with Crippen molar-refractivity contribution in [2.45, 2.75) is 87.0 Å². The third-order valence-electron chi connectivity index (χ3n) is 9.00. The number of nitrogens with one attached hydrogen (secondary N) is 1. The van der Waals surface area contributed by atoms with Crippen molar-refractivity contribution in [2.24, 2.45) is 11.8 Å². The Morgan fingerprint density at radius 3 is 2.56 bits per heavy atom. The van der Waals surface area contributed by atoms with Crippen molar-refractivity contribution >= 4 is 39.6 Å². The van der Waals surface area contributed by atoms with Gasteiger partial charge in [0.05, 0.1) is 24.0 Å². The fraction of sp³-hybridized carbons (Fsp3) is 0.588. The number of alkyl halides is 1. The number of ether oxygens (including phenoxy) is 2. The van der Waals surface area contributed by atoms with E-state index in [9.17, 15) is 24.3 Å². The highest BCUT2D eigenvalue weighted by atomic mass is 79.9. The number of esters is 1. The summed E-state index contributed by atoms with van der Waals surface area (Å²) in [5, 5.41) is 12.5. The third-order valence-corrected chi connectivity index (χ3v) is 9.85. The number of allylic oxidation sites excluding steroid dienone is 1. The van der Waals surface area contributed by atoms with Gasteiger partial charge in [-0.1, -0.05) is 58.4 Å². The lowest BCUT2D eigenvalue weighted by atomic mass is 9.70. The van der Waals surface area contributed by atoms with Gasteiger partial charge in [-0.3, -0.25) is 19.2 Å². The molecule has 7 atom stereocenters. The van der Waals surface area contributed by atoms with E-state index in [1.807, 2.05) is 51.1 Å². The Labute approximate surface area is 274 Å². The minimum Gasteiger partial charge on any atom is -0.463 e. The summed E-state index contributed by atoms with van der Waals surface area (Å²) in [7, 11) is 0. The summed E-state index contributed by atoms with van der Waals surface area (Å²) in [6.45, 7) is 13.7. The molecule has 0 aliphatic carbocycles. The smallest absolute Gasteiger partial charge is 0.306 e. The Morgan fingerprint density at radius 2 is 1.93 bits per heavy atom. The molecular weight excluding hydrogens is 642 g/mol. The van der Waals surface area contributed by atoms with Crippen LogP contribution < -0.4 is 5.32 Å². The van der Waals surface area contributed by atoms with Gasteiger partial charge in [-0.25, -0.2) is 0 Å². The fourth-order valence-corrected chi connectivity index (χ4v) is 7.90. The SMILES string of the molecule is C=CCCC(=O)OC[C@H](NC(=O)[C@H]1[C@@H]2O[C@@]3(CC2Br)[C@@H]1C(=O)N(CCCCO)[C@@H]3C(=O)N(CC=C)C(C)(C)C)c1ccccc1. The molecule has 4 rings (SSSR count). The molecule has 0 saturated carbocycles. The summed E-state index contributed by atoms with van der Waals surface area (Å²) in [5.74, 6) is -3.11. The molecule has 2 N–H and O–H groups in total. The van der Waals surface area contributed by atoms with Gasteiger partial charge in [-0.15, -0.1) is 13.2 Å². The average molecular weight is 689 g/mol. The predicted octanol–water partition coefficient (Wildman–Crippen LogP) is 3.69. The van der Waals surface area contributed by atoms with Gasteiger partial charge in [0.25, 0.3) is 0 Å². The molecule has 1 aromatic carbocycles. The highest BCUT2D eigenvalue weighted by Gasteiger charge is 2.76. The summed E-state index contributed by atoms with van der Waals surface area (Å²) >= 11 is 3.72. The maximum atomic E-state index is 14.5. The topological polar surface area (TPSA) is 125 Å². The van der Waals surface area contributed by atoms with Gasteiger partial charge in [0.1, 0.15) is 18.2 Å². The van der Waals surface area contributed by atoms with E-state index < -0.39 is 53.0 Å². The summed E-state index contributed by atoms with van der Waals surface area (Å²) in [6.07, 6.45) is 4.68. The first-order valence-corrected chi connectivity index (χ1v) is 16.6. The largest absolute Gasteiger partial charge is 0.463 e. The second-order valence-electron chi connectivity index (χ2n) is 13.0. The number of benzene rings is 1. The maximum Gasteiger partial charge on any atom is 0.306 e. The van der Waals surface area contributed by atoms with Gasteiger partial charge in [-0.05, 0) is 52.0 Å². The van der Waals surface area contributed by atoms with Gasteiger partial charge < -0.3 is 29.7 Å². The van der Waals surface area contributed by atoms with Crippen molar-refractivity contribution < 1.29 is 33.8 Å². The molecule has 45 heavy (non-hydrogen) atoms. The zero-order chi connectivity index (χ0) is 32.9. The van der Waals surface area contributed by atoms with Crippen LogP contribution in [0.15, 0.2) is 55.6 Å². The third kappa shape index (κ3) is 7.05. The Morgan fingerprint density at radius 1 is 1.22 bits per heavy atom. The summed E-state index contributed by atoms with van der Waals surface area (Å²) in [5.41, 5.74) is -1.02. The quantitative estimate of drug-likeness (QED) is 0.125. The summed E-state index contributed by atoms with van der Waals surface area (Å²) in [4.78, 5) is 58.3. The molecule has 0 aromatic heterocycles. The van der Waals surface area contributed by atoms with Gasteiger partial charge in [0.2, 0.25) is 17.7 Å². The molecule has 3 aliphatic heterocycles. The first kappa shape index (κ1) is 34.8. The van der Waals surface area contributed by atoms with Crippen LogP contribution in [0.1, 0.15) is 64.5 Å². The maximum absolute atomic E-state index is 14.5. The number of fused-ring (bicyclic) bond motifs is 1. The number of nitrogens with zero attached hydrogens (tertiary/aromatic N) is 2. The van der Waals surface area contributed by atoms with Crippen LogP contribution in [-0.4, -0.2) is 93.0 Å². The van der Waals surface area contributed by atoms with Crippen molar-refractivity contribution in [1.82, 2.24) is 15.1 Å². The van der Waals surface area contributed by atoms with Crippen molar-refractivity contribution in [3.8, 4) is 0 Å². The van der Waals surface area contributed by atoms with Gasteiger partial charge in [0, 0.05) is 36.5 Å². The second-order valence-corrected chi connectivity index (χ2v) is 14.2. The molecule has 3 heterocycles. The van der Waals surface area contributed by atoms with Gasteiger partial charge in [-0.2, -0.15) is 0 Å². The number of carbonyl (C=O) groups is 4. The van der Waals surface area contributed by atoms with E-state index in [0.29, 0.717) is 25.7 Å². The average Bonchev–Trinajstić information content (AvgIpc) is 3.59. The van der Waals surface area contributed by atoms with E-state index in [2.05, 4.69) is 34.4 Å². The number of amides is 3. The Kier molecular flexibility index (Phi) is 11.3. The molecule has 3 saturated heterocycles. The standard InChI is InChI=1S/C34H46BrN3O7/c1-6-8-16-25(40)44-21-24(22-14-10-9-11-15-22)36-30(41)26-27-31(42)37(18-12-13-19-39)29(34(27)20-23(35)28(26)45-34)32(43)38(17-7-2)33(3,4)5/h6-7,9-11,14-15,23-24,26-29,39H,1-2,8,12-13,16-21H2,3-5H3,(H,36,41)/t23?,24-,26+,27-,28+,29+,34-/m0/s1. The molecule has 0 radical (unpaired) electrons. The van der Waals surface area contributed by atoms with Crippen LogP contribution in [0.2, 0.25) is 0 Å². The van der Waals surface area contributed by atoms with Crippen LogP contribution in [0.3, 0.4) is 0 Å². The normalized spacial score (nSPS) is 27.5. The number of hydrogen-bond donors (Lipinski definition) is 2. The van der Waals surface area contributed by atoms with E-state index in [-0.39, 0.29) is 49.4 Å². The van der Waals surface area contributed by atoms with E-state index in [4.69, 9.17) is 9.47 Å². The van der Waals surface area contributed by atoms with Crippen molar-refractivity contribution in [2.75, 3.05) is 26.3 Å². The number of hydrogen-bond acceptors (Lipinski definition) is 7. The Balaban J connectivity index is 1.67. The first-order valence-electron chi connectivity index (χ1n) is 15.7. The minimum atomic E-state index is -1.21. The molecule has 1 aromatic rings. The highest BCUT2D eigenvalue weighted by molar-refractivity contribution is 9.09. The lowest BCUT2D eigenvalue weighted by molar-refractivity contribution is -0.151. The van der Waals surface area contributed by atoms with Crippen molar-refractivity contribution in [1.29, 1.82) is 0 Å². The zero-order valence-electron chi connectivity index (χ0n) is 26.5. The van der Waals surface area contributed by atoms with Crippen molar-refractivity contribution in [3.05, 3.63) is 61.2 Å². The molecule has 11 heteroatoms. The number of aliphatic hydroxyl groups excluding tert-OH is 1. The lowest BCUT2D eigenvalue weighted by Gasteiger charge is -2.42. The summed E-state index contributed by atoms with van der Waals surface area (Å²) in [6, 6.07) is 7.61. The van der Waals surface area contributed by atoms with E-state index in [1.165, 1.54) is 0 Å². The number of carbonyl (C=O) groups excluding carboxylic acids is 4. The fourth-order valence-electron chi connectivity index (χ4n) is 6.96. The van der Waals surface area contributed by atoms with Crippen molar-refractivity contribution in [3.63, 3.8) is 0 Å². The number of aliphatic hydroxyl groups is 1. The molecule has 246 valence electrons. The van der Waals surface area contributed by atoms with Gasteiger partial charge >= 0.3 is 5.97 Å². The van der Waals surface area contributed by atoms with Crippen LogP contribution in [-0.2, 0) is 28.7 Å². The second kappa shape index (κ2) is 14.6. The number of likely N-dealkylation sites (tertiary alicyclic amines) is 1. The molecule has 3 aliphatic rings. The molecular formula is C34H46BrN3O7. The number of halogens is 1. The van der Waals surface area contributed by atoms with Crippen LogP contribution in [0.4, 0.5) is 0 Å². The highest BCUT2D eigenvalue weighted by Crippen LogP contribution is 2.60.